The number of hydrogen-bond acceptors (Lipinski definition) is 5. The normalized spacial score (nSPS) is 15.3. The number of anilines is 1. The fraction of sp³-hybridized carbons (Fsp3) is 0.500. The van der Waals surface area contributed by atoms with Crippen molar-refractivity contribution in [2.75, 3.05) is 44.2 Å². The van der Waals surface area contributed by atoms with Crippen LogP contribution in [0.2, 0.25) is 5.02 Å². The average molecular weight is 461 g/mol. The molecular formula is C20H24ClF3N4O3. The molecule has 7 nitrogen and oxygen atoms in total. The van der Waals surface area contributed by atoms with Crippen molar-refractivity contribution in [3.8, 4) is 5.75 Å². The molecule has 1 N–H and O–H groups in total. The molecule has 31 heavy (non-hydrogen) atoms. The van der Waals surface area contributed by atoms with Crippen molar-refractivity contribution in [1.82, 2.24) is 14.5 Å². The molecular weight excluding hydrogens is 437 g/mol. The molecule has 1 aromatic carbocycles. The third kappa shape index (κ3) is 6.51. The lowest BCUT2D eigenvalue weighted by molar-refractivity contribution is -0.153. The van der Waals surface area contributed by atoms with Crippen LogP contribution in [0.15, 0.2) is 34.0 Å². The van der Waals surface area contributed by atoms with Crippen LogP contribution in [0, 0.1) is 6.92 Å². The first-order valence-electron chi connectivity index (χ1n) is 9.89. The number of ether oxygens (including phenoxy) is 1. The molecule has 0 spiro atoms. The number of rotatable bonds is 7. The van der Waals surface area contributed by atoms with Gasteiger partial charge in [-0.25, -0.2) is 4.79 Å². The third-order valence-corrected chi connectivity index (χ3v) is 5.32. The summed E-state index contributed by atoms with van der Waals surface area (Å²) in [5.74, 6) is 0.117. The number of piperazine rings is 1. The number of aromatic amines is 1. The van der Waals surface area contributed by atoms with Crippen LogP contribution in [-0.4, -0.2) is 60.0 Å². The van der Waals surface area contributed by atoms with Crippen LogP contribution in [0.25, 0.3) is 0 Å². The molecule has 2 aromatic rings. The Morgan fingerprint density at radius 2 is 1.84 bits per heavy atom. The maximum Gasteiger partial charge on any atom is 0.422 e. The summed E-state index contributed by atoms with van der Waals surface area (Å²) in [4.78, 5) is 29.8. The Kier molecular flexibility index (Phi) is 7.32. The second kappa shape index (κ2) is 9.78. The Morgan fingerprint density at radius 1 is 1.13 bits per heavy atom. The van der Waals surface area contributed by atoms with Crippen molar-refractivity contribution in [2.24, 2.45) is 0 Å². The Morgan fingerprint density at radius 3 is 2.52 bits per heavy atom. The number of halogens is 4. The second-order valence-corrected chi connectivity index (χ2v) is 7.90. The van der Waals surface area contributed by atoms with Crippen molar-refractivity contribution >= 4 is 17.3 Å². The Labute approximate surface area is 182 Å². The Bertz CT molecular complexity index is 1010. The van der Waals surface area contributed by atoms with Gasteiger partial charge in [-0.1, -0.05) is 11.6 Å². The minimum absolute atomic E-state index is 0.117. The molecule has 0 atom stereocenters. The molecule has 0 amide bonds. The van der Waals surface area contributed by atoms with E-state index in [-0.39, 0.29) is 11.3 Å². The van der Waals surface area contributed by atoms with Crippen LogP contribution in [0.5, 0.6) is 5.75 Å². The van der Waals surface area contributed by atoms with Gasteiger partial charge in [0.2, 0.25) is 0 Å². The predicted octanol–water partition coefficient (Wildman–Crippen LogP) is 2.65. The third-order valence-electron chi connectivity index (χ3n) is 5.09. The summed E-state index contributed by atoms with van der Waals surface area (Å²) in [5.41, 5.74) is 0.274. The molecule has 11 heteroatoms. The predicted molar refractivity (Wildman–Crippen MR) is 112 cm³/mol. The maximum absolute atomic E-state index is 12.6. The van der Waals surface area contributed by atoms with E-state index in [0.717, 1.165) is 26.1 Å². The number of nitrogens with zero attached hydrogens (tertiary/aromatic N) is 3. The highest BCUT2D eigenvalue weighted by molar-refractivity contribution is 6.30. The van der Waals surface area contributed by atoms with E-state index >= 15 is 0 Å². The molecule has 0 saturated carbocycles. The van der Waals surface area contributed by atoms with Gasteiger partial charge in [0.15, 0.2) is 6.61 Å². The van der Waals surface area contributed by atoms with Gasteiger partial charge in [0.25, 0.3) is 5.56 Å². The first-order chi connectivity index (χ1) is 14.6. The van der Waals surface area contributed by atoms with Gasteiger partial charge in [-0.05, 0) is 32.0 Å². The van der Waals surface area contributed by atoms with E-state index in [4.69, 9.17) is 16.3 Å². The summed E-state index contributed by atoms with van der Waals surface area (Å²) in [6.45, 7) is 4.23. The minimum Gasteiger partial charge on any atom is -0.482 e. The molecule has 2 heterocycles. The molecule has 1 aliphatic rings. The van der Waals surface area contributed by atoms with Gasteiger partial charge in [0.1, 0.15) is 5.75 Å². The summed E-state index contributed by atoms with van der Waals surface area (Å²) in [7, 11) is 0. The SMILES string of the molecule is Cc1cn(CCCN2CCN(c3ccc(Cl)cc3OCC(F)(F)F)CC2)c(=O)[nH]c1=O. The number of benzene rings is 1. The fourth-order valence-corrected chi connectivity index (χ4v) is 3.65. The Balaban J connectivity index is 1.53. The van der Waals surface area contributed by atoms with Crippen molar-refractivity contribution in [2.45, 2.75) is 26.1 Å². The molecule has 3 rings (SSSR count). The van der Waals surface area contributed by atoms with E-state index in [9.17, 15) is 22.8 Å². The maximum atomic E-state index is 12.6. The second-order valence-electron chi connectivity index (χ2n) is 7.46. The Hall–Kier alpha value is -2.46. The number of alkyl halides is 3. The molecule has 0 bridgehead atoms. The van der Waals surface area contributed by atoms with Crippen LogP contribution in [0.4, 0.5) is 18.9 Å². The van der Waals surface area contributed by atoms with Gasteiger partial charge in [0, 0.05) is 55.6 Å². The van der Waals surface area contributed by atoms with Crippen LogP contribution >= 0.6 is 11.6 Å². The molecule has 1 fully saturated rings. The first-order valence-corrected chi connectivity index (χ1v) is 10.3. The number of aromatic nitrogens is 2. The average Bonchev–Trinajstić information content (AvgIpc) is 2.70. The smallest absolute Gasteiger partial charge is 0.422 e. The van der Waals surface area contributed by atoms with Crippen molar-refractivity contribution in [3.63, 3.8) is 0 Å². The van der Waals surface area contributed by atoms with E-state index in [1.165, 1.54) is 10.6 Å². The van der Waals surface area contributed by atoms with Crippen LogP contribution < -0.4 is 20.9 Å². The highest BCUT2D eigenvalue weighted by Gasteiger charge is 2.29. The summed E-state index contributed by atoms with van der Waals surface area (Å²) in [6, 6.07) is 4.71. The highest BCUT2D eigenvalue weighted by atomic mass is 35.5. The quantitative estimate of drug-likeness (QED) is 0.688. The minimum atomic E-state index is -4.43. The lowest BCUT2D eigenvalue weighted by Gasteiger charge is -2.36. The number of H-pyrrole nitrogens is 1. The standard InChI is InChI=1S/C20H24ClF3N4O3/c1-14-12-28(19(30)25-18(14)29)6-2-5-26-7-9-27(10-8-26)16-4-3-15(21)11-17(16)31-13-20(22,23)24/h3-4,11-12H,2,5-10,13H2,1H3,(H,25,29,30). The lowest BCUT2D eigenvalue weighted by atomic mass is 10.2. The summed E-state index contributed by atoms with van der Waals surface area (Å²) in [5, 5.41) is 0.312. The monoisotopic (exact) mass is 460 g/mol. The van der Waals surface area contributed by atoms with Crippen molar-refractivity contribution in [1.29, 1.82) is 0 Å². The molecule has 1 saturated heterocycles. The zero-order valence-corrected chi connectivity index (χ0v) is 17.8. The van der Waals surface area contributed by atoms with E-state index in [2.05, 4.69) is 9.88 Å². The van der Waals surface area contributed by atoms with Gasteiger partial charge in [0.05, 0.1) is 5.69 Å². The largest absolute Gasteiger partial charge is 0.482 e. The van der Waals surface area contributed by atoms with Crippen LogP contribution in [-0.2, 0) is 6.54 Å². The van der Waals surface area contributed by atoms with Crippen LogP contribution in [0.1, 0.15) is 12.0 Å². The van der Waals surface area contributed by atoms with Gasteiger partial charge >= 0.3 is 11.9 Å². The summed E-state index contributed by atoms with van der Waals surface area (Å²) in [6.07, 6.45) is -2.14. The van der Waals surface area contributed by atoms with Crippen molar-refractivity contribution in [3.05, 3.63) is 55.8 Å². The van der Waals surface area contributed by atoms with Crippen molar-refractivity contribution < 1.29 is 17.9 Å². The molecule has 1 aliphatic heterocycles. The van der Waals surface area contributed by atoms with E-state index in [0.29, 0.717) is 35.9 Å². The number of aryl methyl sites for hydroxylation is 2. The van der Waals surface area contributed by atoms with Gasteiger partial charge in [-0.3, -0.25) is 14.7 Å². The number of nitrogens with one attached hydrogen (secondary N) is 1. The summed E-state index contributed by atoms with van der Waals surface area (Å²) >= 11 is 5.93. The highest BCUT2D eigenvalue weighted by Crippen LogP contribution is 2.33. The lowest BCUT2D eigenvalue weighted by Crippen LogP contribution is -2.47. The topological polar surface area (TPSA) is 70.6 Å². The van der Waals surface area contributed by atoms with Crippen LogP contribution in [0.3, 0.4) is 0 Å². The van der Waals surface area contributed by atoms with Gasteiger partial charge in [-0.15, -0.1) is 0 Å². The molecule has 170 valence electrons. The molecule has 1 aromatic heterocycles. The van der Waals surface area contributed by atoms with E-state index in [1.807, 2.05) is 4.90 Å². The van der Waals surface area contributed by atoms with Gasteiger partial charge < -0.3 is 14.2 Å². The van der Waals surface area contributed by atoms with Gasteiger partial charge in [-0.2, -0.15) is 13.2 Å². The zero-order chi connectivity index (χ0) is 22.6. The first kappa shape index (κ1) is 23.2. The zero-order valence-electron chi connectivity index (χ0n) is 17.0. The fourth-order valence-electron chi connectivity index (χ4n) is 3.49. The summed E-state index contributed by atoms with van der Waals surface area (Å²) < 4.78 is 44.1. The molecule has 0 aliphatic carbocycles. The molecule has 0 radical (unpaired) electrons. The van der Waals surface area contributed by atoms with E-state index in [1.54, 1.807) is 25.3 Å². The molecule has 0 unspecified atom stereocenters. The van der Waals surface area contributed by atoms with E-state index < -0.39 is 18.5 Å². The number of hydrogen-bond donors (Lipinski definition) is 1.